The Labute approximate surface area is 83.9 Å². The molecule has 1 aliphatic rings. The molecule has 13 heavy (non-hydrogen) atoms. The largest absolute Gasteiger partial charge is 0.119 e. The van der Waals surface area contributed by atoms with Gasteiger partial charge in [-0.1, -0.05) is 29.7 Å². The third kappa shape index (κ3) is 1.34. The molecule has 1 aliphatic carbocycles. The highest BCUT2D eigenvalue weighted by Gasteiger charge is 2.36. The standard InChI is InChI=1S/C12H11Cl/c1-2-12(8-3-9-12)10-4-6-11(13)7-5-10/h1,4-7H,3,8-9H2. The lowest BCUT2D eigenvalue weighted by Crippen LogP contribution is -2.32. The van der Waals surface area contributed by atoms with Gasteiger partial charge in [-0.25, -0.2) is 0 Å². The highest BCUT2D eigenvalue weighted by Crippen LogP contribution is 2.43. The van der Waals surface area contributed by atoms with Crippen LogP contribution >= 0.6 is 11.6 Å². The second-order valence-electron chi connectivity index (χ2n) is 3.59. The quantitative estimate of drug-likeness (QED) is 0.596. The van der Waals surface area contributed by atoms with Crippen molar-refractivity contribution in [3.63, 3.8) is 0 Å². The van der Waals surface area contributed by atoms with Crippen LogP contribution in [0.25, 0.3) is 0 Å². The van der Waals surface area contributed by atoms with Gasteiger partial charge < -0.3 is 0 Å². The van der Waals surface area contributed by atoms with Gasteiger partial charge in [-0.3, -0.25) is 0 Å². The molecular weight excluding hydrogens is 180 g/mol. The monoisotopic (exact) mass is 190 g/mol. The lowest BCUT2D eigenvalue weighted by atomic mass is 9.65. The van der Waals surface area contributed by atoms with Gasteiger partial charge in [0.1, 0.15) is 0 Å². The molecule has 0 N–H and O–H groups in total. The minimum absolute atomic E-state index is 0.0184. The smallest absolute Gasteiger partial charge is 0.0560 e. The Morgan fingerprint density at radius 2 is 1.85 bits per heavy atom. The van der Waals surface area contributed by atoms with Gasteiger partial charge in [0, 0.05) is 5.02 Å². The summed E-state index contributed by atoms with van der Waals surface area (Å²) in [5.41, 5.74) is 1.26. The van der Waals surface area contributed by atoms with Crippen molar-refractivity contribution in [3.05, 3.63) is 34.9 Å². The summed E-state index contributed by atoms with van der Waals surface area (Å²) in [6, 6.07) is 7.91. The molecule has 1 fully saturated rings. The predicted octanol–water partition coefficient (Wildman–Crippen LogP) is 3.39. The van der Waals surface area contributed by atoms with Crippen molar-refractivity contribution in [3.8, 4) is 12.3 Å². The molecule has 0 saturated heterocycles. The average Bonchev–Trinajstić information content (AvgIpc) is 2.07. The van der Waals surface area contributed by atoms with Gasteiger partial charge >= 0.3 is 0 Å². The maximum atomic E-state index is 5.81. The van der Waals surface area contributed by atoms with E-state index in [1.807, 2.05) is 24.3 Å². The van der Waals surface area contributed by atoms with Crippen LogP contribution in [-0.2, 0) is 5.41 Å². The summed E-state index contributed by atoms with van der Waals surface area (Å²) in [6.45, 7) is 0. The van der Waals surface area contributed by atoms with E-state index in [0.717, 1.165) is 17.9 Å². The van der Waals surface area contributed by atoms with Crippen LogP contribution in [0.15, 0.2) is 24.3 Å². The molecule has 1 saturated carbocycles. The van der Waals surface area contributed by atoms with E-state index >= 15 is 0 Å². The fraction of sp³-hybridized carbons (Fsp3) is 0.333. The van der Waals surface area contributed by atoms with E-state index in [9.17, 15) is 0 Å². The van der Waals surface area contributed by atoms with Crippen molar-refractivity contribution in [1.82, 2.24) is 0 Å². The van der Waals surface area contributed by atoms with E-state index < -0.39 is 0 Å². The summed E-state index contributed by atoms with van der Waals surface area (Å²) in [6.07, 6.45) is 9.03. The van der Waals surface area contributed by atoms with Gasteiger partial charge in [0.25, 0.3) is 0 Å². The molecule has 0 unspecified atom stereocenters. The third-order valence-corrected chi connectivity index (χ3v) is 3.13. The molecule has 2 rings (SSSR count). The maximum absolute atomic E-state index is 5.81. The second kappa shape index (κ2) is 3.09. The average molecular weight is 191 g/mol. The van der Waals surface area contributed by atoms with E-state index in [1.54, 1.807) is 0 Å². The van der Waals surface area contributed by atoms with Crippen molar-refractivity contribution in [1.29, 1.82) is 0 Å². The summed E-state index contributed by atoms with van der Waals surface area (Å²) in [5.74, 6) is 2.91. The zero-order valence-electron chi connectivity index (χ0n) is 7.39. The van der Waals surface area contributed by atoms with Crippen LogP contribution in [0.3, 0.4) is 0 Å². The Morgan fingerprint density at radius 3 is 2.23 bits per heavy atom. The first kappa shape index (κ1) is 8.66. The van der Waals surface area contributed by atoms with Crippen molar-refractivity contribution < 1.29 is 0 Å². The molecule has 0 amide bonds. The summed E-state index contributed by atoms with van der Waals surface area (Å²) in [7, 11) is 0. The van der Waals surface area contributed by atoms with Gasteiger partial charge in [0.05, 0.1) is 5.41 Å². The molecule has 0 radical (unpaired) electrons. The topological polar surface area (TPSA) is 0 Å². The van der Waals surface area contributed by atoms with Gasteiger partial charge in [-0.2, -0.15) is 0 Å². The minimum atomic E-state index is 0.0184. The number of benzene rings is 1. The van der Waals surface area contributed by atoms with Crippen LogP contribution in [0.4, 0.5) is 0 Å². The van der Waals surface area contributed by atoms with Gasteiger partial charge in [-0.15, -0.1) is 6.42 Å². The highest BCUT2D eigenvalue weighted by atomic mass is 35.5. The van der Waals surface area contributed by atoms with Crippen LogP contribution in [-0.4, -0.2) is 0 Å². The van der Waals surface area contributed by atoms with Gasteiger partial charge in [-0.05, 0) is 37.0 Å². The third-order valence-electron chi connectivity index (χ3n) is 2.88. The van der Waals surface area contributed by atoms with Crippen molar-refractivity contribution in [2.75, 3.05) is 0 Å². The molecule has 1 aromatic carbocycles. The first-order chi connectivity index (χ1) is 6.27. The summed E-state index contributed by atoms with van der Waals surface area (Å²) >= 11 is 5.81. The lowest BCUT2D eigenvalue weighted by molar-refractivity contribution is 0.328. The van der Waals surface area contributed by atoms with Crippen LogP contribution < -0.4 is 0 Å². The zero-order chi connectivity index (χ0) is 9.31. The molecule has 1 aromatic rings. The van der Waals surface area contributed by atoms with E-state index in [4.69, 9.17) is 18.0 Å². The molecule has 0 spiro atoms. The molecule has 0 nitrogen and oxygen atoms in total. The van der Waals surface area contributed by atoms with Crippen LogP contribution in [0.5, 0.6) is 0 Å². The number of hydrogen-bond donors (Lipinski definition) is 0. The minimum Gasteiger partial charge on any atom is -0.119 e. The Hall–Kier alpha value is -0.930. The van der Waals surface area contributed by atoms with Crippen molar-refractivity contribution >= 4 is 11.6 Å². The maximum Gasteiger partial charge on any atom is 0.0560 e. The molecule has 0 atom stereocenters. The number of rotatable bonds is 1. The first-order valence-corrected chi connectivity index (χ1v) is 4.88. The Kier molecular flexibility index (Phi) is 2.06. The Morgan fingerprint density at radius 1 is 1.23 bits per heavy atom. The molecule has 66 valence electrons. The van der Waals surface area contributed by atoms with E-state index in [-0.39, 0.29) is 5.41 Å². The van der Waals surface area contributed by atoms with E-state index in [2.05, 4.69) is 5.92 Å². The molecule has 0 aliphatic heterocycles. The van der Waals surface area contributed by atoms with E-state index in [0.29, 0.717) is 0 Å². The SMILES string of the molecule is C#CC1(c2ccc(Cl)cc2)CCC1. The number of hydrogen-bond acceptors (Lipinski definition) is 0. The fourth-order valence-electron chi connectivity index (χ4n) is 1.82. The lowest BCUT2D eigenvalue weighted by Gasteiger charge is -2.37. The van der Waals surface area contributed by atoms with Crippen LogP contribution in [0.1, 0.15) is 24.8 Å². The molecule has 0 bridgehead atoms. The highest BCUT2D eigenvalue weighted by molar-refractivity contribution is 6.30. The summed E-state index contributed by atoms with van der Waals surface area (Å²) in [5, 5.41) is 0.773. The van der Waals surface area contributed by atoms with Crippen molar-refractivity contribution in [2.45, 2.75) is 24.7 Å². The normalized spacial score (nSPS) is 18.8. The number of halogens is 1. The van der Waals surface area contributed by atoms with Crippen LogP contribution in [0.2, 0.25) is 5.02 Å². The summed E-state index contributed by atoms with van der Waals surface area (Å²) in [4.78, 5) is 0. The summed E-state index contributed by atoms with van der Waals surface area (Å²) < 4.78 is 0. The predicted molar refractivity (Wildman–Crippen MR) is 55.8 cm³/mol. The van der Waals surface area contributed by atoms with Gasteiger partial charge in [0.2, 0.25) is 0 Å². The first-order valence-electron chi connectivity index (χ1n) is 4.51. The van der Waals surface area contributed by atoms with Crippen molar-refractivity contribution in [2.24, 2.45) is 0 Å². The second-order valence-corrected chi connectivity index (χ2v) is 4.02. The van der Waals surface area contributed by atoms with Crippen LogP contribution in [0, 0.1) is 12.3 Å². The fourth-order valence-corrected chi connectivity index (χ4v) is 1.94. The zero-order valence-corrected chi connectivity index (χ0v) is 8.14. The molecule has 1 heteroatoms. The Balaban J connectivity index is 2.35. The molecule has 0 heterocycles. The Bertz CT molecular complexity index is 338. The van der Waals surface area contributed by atoms with Gasteiger partial charge in [0.15, 0.2) is 0 Å². The molecule has 0 aromatic heterocycles. The molecular formula is C12H11Cl. The number of terminal acetylenes is 1. The van der Waals surface area contributed by atoms with E-state index in [1.165, 1.54) is 12.0 Å².